The Morgan fingerprint density at radius 2 is 1.90 bits per heavy atom. The zero-order valence-electron chi connectivity index (χ0n) is 16.0. The molecule has 0 bridgehead atoms. The highest BCUT2D eigenvalue weighted by molar-refractivity contribution is 6.30. The van der Waals surface area contributed by atoms with Crippen molar-refractivity contribution in [3.63, 3.8) is 0 Å². The van der Waals surface area contributed by atoms with Gasteiger partial charge in [0.05, 0.1) is 12.0 Å². The van der Waals surface area contributed by atoms with E-state index in [-0.39, 0.29) is 23.6 Å². The largest absolute Gasteiger partial charge is 0.337 e. The van der Waals surface area contributed by atoms with Gasteiger partial charge in [-0.2, -0.15) is 0 Å². The number of halogens is 2. The van der Waals surface area contributed by atoms with Gasteiger partial charge in [0.2, 0.25) is 0 Å². The number of nitrogens with zero attached hydrogens (tertiary/aromatic N) is 4. The molecule has 0 N–H and O–H groups in total. The van der Waals surface area contributed by atoms with E-state index in [0.29, 0.717) is 34.3 Å². The van der Waals surface area contributed by atoms with Crippen LogP contribution in [0, 0.1) is 11.7 Å². The first kappa shape index (κ1) is 18.8. The second-order valence-corrected chi connectivity index (χ2v) is 8.07. The molecule has 0 aliphatic heterocycles. The summed E-state index contributed by atoms with van der Waals surface area (Å²) < 4.78 is 18.0. The molecule has 8 heteroatoms. The van der Waals surface area contributed by atoms with Gasteiger partial charge in [0.1, 0.15) is 5.82 Å². The quantitative estimate of drug-likeness (QED) is 0.492. The molecule has 2 aromatic carbocycles. The van der Waals surface area contributed by atoms with Crippen LogP contribution in [0.25, 0.3) is 16.9 Å². The topological polar surface area (TPSA) is 61.8 Å². The fraction of sp³-hybridized carbons (Fsp3) is 0.227. The molecule has 30 heavy (non-hydrogen) atoms. The maximum absolute atomic E-state index is 13.6. The van der Waals surface area contributed by atoms with Gasteiger partial charge in [-0.1, -0.05) is 29.8 Å². The van der Waals surface area contributed by atoms with Crippen LogP contribution in [0.5, 0.6) is 0 Å². The molecule has 0 unspecified atom stereocenters. The van der Waals surface area contributed by atoms with Gasteiger partial charge < -0.3 is 4.57 Å². The molecule has 0 spiro atoms. The summed E-state index contributed by atoms with van der Waals surface area (Å²) >= 11 is 6.15. The molecule has 0 amide bonds. The number of rotatable bonds is 5. The van der Waals surface area contributed by atoms with E-state index in [1.165, 1.54) is 27.6 Å². The van der Waals surface area contributed by atoms with Crippen LogP contribution in [-0.4, -0.2) is 18.7 Å². The molecule has 0 radical (unpaired) electrons. The molecule has 2 aromatic heterocycles. The normalized spacial score (nSPS) is 13.8. The Morgan fingerprint density at radius 3 is 2.63 bits per heavy atom. The van der Waals surface area contributed by atoms with Gasteiger partial charge in [-0.05, 0) is 54.7 Å². The second-order valence-electron chi connectivity index (χ2n) is 7.63. The van der Waals surface area contributed by atoms with Gasteiger partial charge in [-0.25, -0.2) is 18.7 Å². The predicted molar refractivity (Wildman–Crippen MR) is 113 cm³/mol. The Morgan fingerprint density at radius 1 is 1.10 bits per heavy atom. The number of imidazole rings is 1. The Hall–Kier alpha value is -3.19. The van der Waals surface area contributed by atoms with Crippen molar-refractivity contribution >= 4 is 22.8 Å². The lowest BCUT2D eigenvalue weighted by molar-refractivity contribution is 0.567. The van der Waals surface area contributed by atoms with Crippen molar-refractivity contribution in [2.45, 2.75) is 25.9 Å². The molecule has 1 fully saturated rings. The monoisotopic (exact) mass is 424 g/mol. The summed E-state index contributed by atoms with van der Waals surface area (Å²) in [5, 5.41) is 0.478. The average molecular weight is 425 g/mol. The summed E-state index contributed by atoms with van der Waals surface area (Å²) in [7, 11) is 0. The fourth-order valence-corrected chi connectivity index (χ4v) is 3.88. The van der Waals surface area contributed by atoms with Crippen molar-refractivity contribution in [3.05, 3.63) is 92.1 Å². The highest BCUT2D eigenvalue weighted by Crippen LogP contribution is 2.30. The van der Waals surface area contributed by atoms with Crippen LogP contribution in [0.1, 0.15) is 18.4 Å². The minimum absolute atomic E-state index is 0.260. The van der Waals surface area contributed by atoms with Crippen molar-refractivity contribution < 1.29 is 4.39 Å². The standard InChI is InChI=1S/C22H18ClFN4O2/c23-16-4-2-6-18(10-16)28-20-19(21(29)27(22(28)30)12-14-7-8-14)26(13-25-20)11-15-3-1-5-17(24)9-15/h1-6,9-10,13-14H,7-8,11-12H2. The highest BCUT2D eigenvalue weighted by atomic mass is 35.5. The van der Waals surface area contributed by atoms with Crippen molar-refractivity contribution in [1.82, 2.24) is 18.7 Å². The van der Waals surface area contributed by atoms with E-state index in [2.05, 4.69) is 4.98 Å². The van der Waals surface area contributed by atoms with E-state index in [9.17, 15) is 14.0 Å². The third-order valence-corrected chi connectivity index (χ3v) is 5.58. The summed E-state index contributed by atoms with van der Waals surface area (Å²) in [5.74, 6) is -0.0147. The minimum Gasteiger partial charge on any atom is -0.320 e. The van der Waals surface area contributed by atoms with Crippen molar-refractivity contribution in [2.24, 2.45) is 5.92 Å². The van der Waals surface area contributed by atoms with Crippen LogP contribution in [0.3, 0.4) is 0 Å². The first-order chi connectivity index (χ1) is 14.5. The number of hydrogen-bond acceptors (Lipinski definition) is 3. The lowest BCUT2D eigenvalue weighted by Gasteiger charge is -2.13. The van der Waals surface area contributed by atoms with Gasteiger partial charge in [-0.15, -0.1) is 0 Å². The van der Waals surface area contributed by atoms with Crippen LogP contribution >= 0.6 is 11.6 Å². The molecule has 1 saturated carbocycles. The summed E-state index contributed by atoms with van der Waals surface area (Å²) in [6.07, 6.45) is 3.52. The predicted octanol–water partition coefficient (Wildman–Crippen LogP) is 3.60. The zero-order chi connectivity index (χ0) is 20.8. The molecule has 1 aliphatic rings. The smallest absolute Gasteiger partial charge is 0.320 e. The van der Waals surface area contributed by atoms with Crippen molar-refractivity contribution in [1.29, 1.82) is 0 Å². The van der Waals surface area contributed by atoms with Gasteiger partial charge in [0.25, 0.3) is 5.56 Å². The van der Waals surface area contributed by atoms with Gasteiger partial charge in [0, 0.05) is 18.1 Å². The molecule has 152 valence electrons. The first-order valence-electron chi connectivity index (χ1n) is 9.72. The average Bonchev–Trinajstić information content (AvgIpc) is 3.45. The first-order valence-corrected chi connectivity index (χ1v) is 10.1. The number of aromatic nitrogens is 4. The van der Waals surface area contributed by atoms with E-state index in [1.807, 2.05) is 0 Å². The zero-order valence-corrected chi connectivity index (χ0v) is 16.7. The van der Waals surface area contributed by atoms with Crippen LogP contribution in [0.4, 0.5) is 4.39 Å². The molecular formula is C22H18ClFN4O2. The molecule has 0 saturated heterocycles. The summed E-state index contributed by atoms with van der Waals surface area (Å²) in [6.45, 7) is 0.639. The second kappa shape index (κ2) is 7.25. The van der Waals surface area contributed by atoms with Crippen molar-refractivity contribution in [3.8, 4) is 5.69 Å². The molecule has 1 aliphatic carbocycles. The third-order valence-electron chi connectivity index (χ3n) is 5.35. The van der Waals surface area contributed by atoms with E-state index < -0.39 is 5.69 Å². The highest BCUT2D eigenvalue weighted by Gasteiger charge is 2.26. The molecule has 5 rings (SSSR count). The van der Waals surface area contributed by atoms with E-state index in [0.717, 1.165) is 12.8 Å². The summed E-state index contributed by atoms with van der Waals surface area (Å²) in [5.41, 5.74) is 0.989. The fourth-order valence-electron chi connectivity index (χ4n) is 3.70. The van der Waals surface area contributed by atoms with E-state index in [1.54, 1.807) is 41.0 Å². The van der Waals surface area contributed by atoms with Gasteiger partial charge >= 0.3 is 5.69 Å². The number of benzene rings is 2. The van der Waals surface area contributed by atoms with E-state index in [4.69, 9.17) is 11.6 Å². The van der Waals surface area contributed by atoms with E-state index >= 15 is 0 Å². The minimum atomic E-state index is -0.433. The Kier molecular flexibility index (Phi) is 4.55. The lowest BCUT2D eigenvalue weighted by atomic mass is 10.2. The maximum Gasteiger partial charge on any atom is 0.337 e. The summed E-state index contributed by atoms with van der Waals surface area (Å²) in [4.78, 5) is 30.9. The van der Waals surface area contributed by atoms with Gasteiger partial charge in [-0.3, -0.25) is 9.36 Å². The Balaban J connectivity index is 1.76. The Bertz CT molecular complexity index is 1380. The summed E-state index contributed by atoms with van der Waals surface area (Å²) in [6, 6.07) is 13.1. The number of hydrogen-bond donors (Lipinski definition) is 0. The molecular weight excluding hydrogens is 407 g/mol. The molecule has 0 atom stereocenters. The van der Waals surface area contributed by atoms with Crippen LogP contribution < -0.4 is 11.2 Å². The Labute approximate surface area is 175 Å². The maximum atomic E-state index is 13.6. The van der Waals surface area contributed by atoms with Crippen LogP contribution in [0.15, 0.2) is 64.4 Å². The molecule has 6 nitrogen and oxygen atoms in total. The van der Waals surface area contributed by atoms with Crippen LogP contribution in [0.2, 0.25) is 5.02 Å². The molecule has 2 heterocycles. The van der Waals surface area contributed by atoms with Gasteiger partial charge in [0.15, 0.2) is 11.2 Å². The lowest BCUT2D eigenvalue weighted by Crippen LogP contribution is -2.40. The molecule has 4 aromatic rings. The number of fused-ring (bicyclic) bond motifs is 1. The van der Waals surface area contributed by atoms with Crippen LogP contribution in [-0.2, 0) is 13.1 Å². The van der Waals surface area contributed by atoms with Crippen molar-refractivity contribution in [2.75, 3.05) is 0 Å². The third kappa shape index (κ3) is 3.35. The SMILES string of the molecule is O=c1c2c(ncn2Cc2cccc(F)c2)n(-c2cccc(Cl)c2)c(=O)n1CC1CC1.